The highest BCUT2D eigenvalue weighted by Crippen LogP contribution is 2.38. The highest BCUT2D eigenvalue weighted by Gasteiger charge is 2.33. The Morgan fingerprint density at radius 1 is 1.17 bits per heavy atom. The van der Waals surface area contributed by atoms with Gasteiger partial charge in [-0.15, -0.1) is 0 Å². The standard InChI is InChI=1S/C18H16FNO3/c1-23-17(21)10-13-11-20(16-5-3-2-4-15(13)16)18(22)12-6-8-14(19)9-7-12/h2-9,13H,10-11H2,1H3/t13-/m0/s1. The second-order valence-corrected chi connectivity index (χ2v) is 5.46. The van der Waals surface area contributed by atoms with Crippen LogP contribution in [0.2, 0.25) is 0 Å². The van der Waals surface area contributed by atoms with Gasteiger partial charge in [0.1, 0.15) is 5.82 Å². The molecule has 1 atom stereocenters. The summed E-state index contributed by atoms with van der Waals surface area (Å²) < 4.78 is 17.8. The third-order valence-electron chi connectivity index (χ3n) is 4.05. The number of benzene rings is 2. The van der Waals surface area contributed by atoms with E-state index in [1.807, 2.05) is 24.3 Å². The lowest BCUT2D eigenvalue weighted by Crippen LogP contribution is -2.30. The minimum Gasteiger partial charge on any atom is -0.469 e. The number of halogens is 1. The van der Waals surface area contributed by atoms with Gasteiger partial charge >= 0.3 is 5.97 Å². The number of esters is 1. The van der Waals surface area contributed by atoms with Crippen LogP contribution in [0.15, 0.2) is 48.5 Å². The Labute approximate surface area is 133 Å². The van der Waals surface area contributed by atoms with Crippen LogP contribution in [0, 0.1) is 5.82 Å². The zero-order chi connectivity index (χ0) is 16.4. The van der Waals surface area contributed by atoms with Crippen LogP contribution in [0.5, 0.6) is 0 Å². The molecule has 0 unspecified atom stereocenters. The number of hydrogen-bond acceptors (Lipinski definition) is 3. The summed E-state index contributed by atoms with van der Waals surface area (Å²) in [5.74, 6) is -0.985. The molecule has 3 rings (SSSR count). The van der Waals surface area contributed by atoms with Crippen LogP contribution in [-0.2, 0) is 9.53 Å². The molecule has 0 aliphatic carbocycles. The summed E-state index contributed by atoms with van der Waals surface area (Å²) in [6, 6.07) is 13.0. The number of para-hydroxylation sites is 1. The first-order chi connectivity index (χ1) is 11.1. The number of fused-ring (bicyclic) bond motifs is 1. The molecule has 0 saturated heterocycles. The summed E-state index contributed by atoms with van der Waals surface area (Å²) in [5, 5.41) is 0. The molecule has 1 heterocycles. The fourth-order valence-corrected chi connectivity index (χ4v) is 2.90. The fourth-order valence-electron chi connectivity index (χ4n) is 2.90. The van der Waals surface area contributed by atoms with Crippen molar-refractivity contribution < 1.29 is 18.7 Å². The Bertz CT molecular complexity index is 742. The molecule has 0 fully saturated rings. The maximum atomic E-state index is 13.0. The van der Waals surface area contributed by atoms with Crippen molar-refractivity contribution in [3.05, 3.63) is 65.5 Å². The van der Waals surface area contributed by atoms with Crippen LogP contribution in [-0.4, -0.2) is 25.5 Å². The van der Waals surface area contributed by atoms with Crippen molar-refractivity contribution in [2.24, 2.45) is 0 Å². The number of nitrogens with zero attached hydrogens (tertiary/aromatic N) is 1. The summed E-state index contributed by atoms with van der Waals surface area (Å²) in [6.45, 7) is 0.407. The van der Waals surface area contributed by atoms with Gasteiger partial charge in [0.05, 0.1) is 13.5 Å². The van der Waals surface area contributed by atoms with Crippen LogP contribution in [0.4, 0.5) is 10.1 Å². The number of rotatable bonds is 3. The molecule has 4 nitrogen and oxygen atoms in total. The molecule has 0 radical (unpaired) electrons. The van der Waals surface area contributed by atoms with Gasteiger partial charge in [-0.2, -0.15) is 0 Å². The maximum absolute atomic E-state index is 13.0. The van der Waals surface area contributed by atoms with Gasteiger partial charge in [0.15, 0.2) is 0 Å². The van der Waals surface area contributed by atoms with Crippen molar-refractivity contribution in [2.75, 3.05) is 18.6 Å². The number of carbonyl (C=O) groups excluding carboxylic acids is 2. The molecule has 1 amide bonds. The molecular weight excluding hydrogens is 297 g/mol. The predicted molar refractivity (Wildman–Crippen MR) is 83.9 cm³/mol. The molecule has 1 aliphatic heterocycles. The fraction of sp³-hybridized carbons (Fsp3) is 0.222. The third kappa shape index (κ3) is 2.95. The van der Waals surface area contributed by atoms with Crippen LogP contribution < -0.4 is 4.90 Å². The molecule has 0 aromatic heterocycles. The van der Waals surface area contributed by atoms with E-state index in [2.05, 4.69) is 0 Å². The van der Waals surface area contributed by atoms with Gasteiger partial charge in [-0.3, -0.25) is 9.59 Å². The van der Waals surface area contributed by atoms with Crippen molar-refractivity contribution in [3.63, 3.8) is 0 Å². The lowest BCUT2D eigenvalue weighted by Gasteiger charge is -2.18. The quantitative estimate of drug-likeness (QED) is 0.818. The Hall–Kier alpha value is -2.69. The van der Waals surface area contributed by atoms with E-state index in [4.69, 9.17) is 4.74 Å². The smallest absolute Gasteiger partial charge is 0.306 e. The highest BCUT2D eigenvalue weighted by atomic mass is 19.1. The molecule has 23 heavy (non-hydrogen) atoms. The van der Waals surface area contributed by atoms with Crippen molar-refractivity contribution in [3.8, 4) is 0 Å². The highest BCUT2D eigenvalue weighted by molar-refractivity contribution is 6.07. The van der Waals surface area contributed by atoms with Crippen LogP contribution >= 0.6 is 0 Å². The molecule has 2 aromatic carbocycles. The van der Waals surface area contributed by atoms with E-state index < -0.39 is 0 Å². The second-order valence-electron chi connectivity index (χ2n) is 5.46. The number of hydrogen-bond donors (Lipinski definition) is 0. The largest absolute Gasteiger partial charge is 0.469 e. The Balaban J connectivity index is 1.90. The first-order valence-electron chi connectivity index (χ1n) is 7.33. The monoisotopic (exact) mass is 313 g/mol. The summed E-state index contributed by atoms with van der Waals surface area (Å²) in [7, 11) is 1.35. The first-order valence-corrected chi connectivity index (χ1v) is 7.33. The van der Waals surface area contributed by atoms with Gasteiger partial charge in [0.25, 0.3) is 5.91 Å². The molecule has 118 valence electrons. The Morgan fingerprint density at radius 3 is 2.57 bits per heavy atom. The van der Waals surface area contributed by atoms with Gasteiger partial charge in [0, 0.05) is 23.7 Å². The van der Waals surface area contributed by atoms with Gasteiger partial charge < -0.3 is 9.64 Å². The predicted octanol–water partition coefficient (Wildman–Crippen LogP) is 3.13. The van der Waals surface area contributed by atoms with E-state index in [0.29, 0.717) is 12.1 Å². The number of carbonyl (C=O) groups is 2. The Morgan fingerprint density at radius 2 is 1.87 bits per heavy atom. The first kappa shape index (κ1) is 15.2. The van der Waals surface area contributed by atoms with Crippen molar-refractivity contribution in [1.29, 1.82) is 0 Å². The van der Waals surface area contributed by atoms with Gasteiger partial charge in [-0.05, 0) is 35.9 Å². The third-order valence-corrected chi connectivity index (χ3v) is 4.05. The summed E-state index contributed by atoms with van der Waals surface area (Å²) in [5.41, 5.74) is 2.16. The van der Waals surface area contributed by atoms with Gasteiger partial charge in [-0.25, -0.2) is 4.39 Å². The van der Waals surface area contributed by atoms with Crippen LogP contribution in [0.1, 0.15) is 28.3 Å². The van der Waals surface area contributed by atoms with Crippen molar-refractivity contribution in [1.82, 2.24) is 0 Å². The van der Waals surface area contributed by atoms with Gasteiger partial charge in [-0.1, -0.05) is 18.2 Å². The zero-order valence-electron chi connectivity index (χ0n) is 12.7. The normalized spacial score (nSPS) is 16.1. The number of ether oxygens (including phenoxy) is 1. The molecule has 2 aromatic rings. The minimum atomic E-state index is -0.382. The maximum Gasteiger partial charge on any atom is 0.306 e. The van der Waals surface area contributed by atoms with E-state index >= 15 is 0 Å². The molecule has 1 aliphatic rings. The van der Waals surface area contributed by atoms with E-state index in [1.54, 1.807) is 4.90 Å². The average molecular weight is 313 g/mol. The molecule has 0 N–H and O–H groups in total. The van der Waals surface area contributed by atoms with E-state index in [0.717, 1.165) is 11.3 Å². The van der Waals surface area contributed by atoms with E-state index in [1.165, 1.54) is 31.4 Å². The molecule has 0 bridgehead atoms. The Kier molecular flexibility index (Phi) is 4.10. The van der Waals surface area contributed by atoms with Crippen LogP contribution in [0.25, 0.3) is 0 Å². The molecule has 0 saturated carbocycles. The lowest BCUT2D eigenvalue weighted by atomic mass is 9.98. The number of anilines is 1. The zero-order valence-corrected chi connectivity index (χ0v) is 12.7. The van der Waals surface area contributed by atoms with Crippen LogP contribution in [0.3, 0.4) is 0 Å². The van der Waals surface area contributed by atoms with Crippen molar-refractivity contribution in [2.45, 2.75) is 12.3 Å². The van der Waals surface area contributed by atoms with Gasteiger partial charge in [0.2, 0.25) is 0 Å². The molecular formula is C18H16FNO3. The summed E-state index contributed by atoms with van der Waals surface area (Å²) >= 11 is 0. The number of methoxy groups -OCH3 is 1. The summed E-state index contributed by atoms with van der Waals surface area (Å²) in [4.78, 5) is 25.9. The van der Waals surface area contributed by atoms with E-state index in [9.17, 15) is 14.0 Å². The molecule has 5 heteroatoms. The van der Waals surface area contributed by atoms with Crippen molar-refractivity contribution >= 4 is 17.6 Å². The average Bonchev–Trinajstić information content (AvgIpc) is 2.93. The number of amides is 1. The van der Waals surface area contributed by atoms with E-state index in [-0.39, 0.29) is 30.0 Å². The lowest BCUT2D eigenvalue weighted by molar-refractivity contribution is -0.141. The molecule has 0 spiro atoms. The second kappa shape index (κ2) is 6.20. The minimum absolute atomic E-state index is 0.0944. The SMILES string of the molecule is COC(=O)C[C@H]1CN(C(=O)c2ccc(F)cc2)c2ccccc21. The summed E-state index contributed by atoms with van der Waals surface area (Å²) in [6.07, 6.45) is 0.223. The topological polar surface area (TPSA) is 46.6 Å².